The second-order valence-corrected chi connectivity index (χ2v) is 4.80. The van der Waals surface area contributed by atoms with Gasteiger partial charge in [-0.3, -0.25) is 0 Å². The van der Waals surface area contributed by atoms with Gasteiger partial charge < -0.3 is 21.7 Å². The Labute approximate surface area is 102 Å². The molecule has 0 radical (unpaired) electrons. The van der Waals surface area contributed by atoms with Gasteiger partial charge in [-0.05, 0) is 51.0 Å². The Morgan fingerprint density at radius 2 is 2.06 bits per heavy atom. The molecule has 2 heterocycles. The van der Waals surface area contributed by atoms with Crippen LogP contribution in [0, 0.1) is 5.92 Å². The zero-order valence-electron chi connectivity index (χ0n) is 10.3. The Hall–Kier alpha value is -1.49. The number of rotatable bonds is 3. The summed E-state index contributed by atoms with van der Waals surface area (Å²) in [7, 11) is 2.17. The van der Waals surface area contributed by atoms with Crippen LogP contribution in [0.1, 0.15) is 12.8 Å². The first-order valence-electron chi connectivity index (χ1n) is 6.09. The molecule has 1 fully saturated rings. The number of hydrogen-bond donors (Lipinski definition) is 3. The van der Waals surface area contributed by atoms with Crippen LogP contribution in [0.3, 0.4) is 0 Å². The van der Waals surface area contributed by atoms with Crippen LogP contribution in [-0.2, 0) is 0 Å². The van der Waals surface area contributed by atoms with Crippen molar-refractivity contribution >= 4 is 17.3 Å². The van der Waals surface area contributed by atoms with Crippen molar-refractivity contribution < 1.29 is 0 Å². The molecule has 5 heteroatoms. The predicted molar refractivity (Wildman–Crippen MR) is 71.8 cm³/mol. The Morgan fingerprint density at radius 1 is 1.35 bits per heavy atom. The number of nitrogen functional groups attached to an aromatic ring is 2. The second-order valence-electron chi connectivity index (χ2n) is 4.80. The average Bonchev–Trinajstić information content (AvgIpc) is 2.33. The maximum absolute atomic E-state index is 5.66. The first kappa shape index (κ1) is 12.0. The number of aromatic nitrogens is 1. The Balaban J connectivity index is 1.83. The van der Waals surface area contributed by atoms with E-state index in [2.05, 4.69) is 22.2 Å². The number of nitrogens with two attached hydrogens (primary N) is 2. The van der Waals surface area contributed by atoms with Crippen LogP contribution >= 0.6 is 0 Å². The lowest BCUT2D eigenvalue weighted by Crippen LogP contribution is -2.33. The van der Waals surface area contributed by atoms with E-state index < -0.39 is 0 Å². The van der Waals surface area contributed by atoms with E-state index in [-0.39, 0.29) is 0 Å². The highest BCUT2D eigenvalue weighted by Gasteiger charge is 2.16. The number of nitrogens with zero attached hydrogens (tertiary/aromatic N) is 2. The van der Waals surface area contributed by atoms with Gasteiger partial charge in [0, 0.05) is 6.54 Å². The smallest absolute Gasteiger partial charge is 0.149 e. The SMILES string of the molecule is CN1CCC(CNc2ccc(N)c(N)n2)CC1. The maximum Gasteiger partial charge on any atom is 0.149 e. The molecule has 5 N–H and O–H groups in total. The highest BCUT2D eigenvalue weighted by atomic mass is 15.1. The highest BCUT2D eigenvalue weighted by Crippen LogP contribution is 2.18. The van der Waals surface area contributed by atoms with Crippen LogP contribution in [-0.4, -0.2) is 36.6 Å². The predicted octanol–water partition coefficient (Wildman–Crippen LogP) is 1.000. The number of anilines is 3. The number of pyridine rings is 1. The summed E-state index contributed by atoms with van der Waals surface area (Å²) in [5, 5.41) is 3.33. The summed E-state index contributed by atoms with van der Waals surface area (Å²) in [6.07, 6.45) is 2.49. The van der Waals surface area contributed by atoms with Crippen LogP contribution in [0.25, 0.3) is 0 Å². The molecule has 1 saturated heterocycles. The van der Waals surface area contributed by atoms with E-state index in [1.807, 2.05) is 6.07 Å². The second kappa shape index (κ2) is 5.23. The standard InChI is InChI=1S/C12H21N5/c1-17-6-4-9(5-7-17)8-15-11-3-2-10(13)12(14)16-11/h2-3,9H,4-8,13H2,1H3,(H3,14,15,16). The summed E-state index contributed by atoms with van der Waals surface area (Å²) in [4.78, 5) is 6.57. The van der Waals surface area contributed by atoms with Crippen molar-refractivity contribution in [2.45, 2.75) is 12.8 Å². The normalized spacial score (nSPS) is 18.2. The molecule has 17 heavy (non-hydrogen) atoms. The number of nitrogens with one attached hydrogen (secondary N) is 1. The molecule has 0 unspecified atom stereocenters. The molecular weight excluding hydrogens is 214 g/mol. The minimum atomic E-state index is 0.401. The van der Waals surface area contributed by atoms with E-state index in [9.17, 15) is 0 Å². The minimum Gasteiger partial charge on any atom is -0.396 e. The van der Waals surface area contributed by atoms with Crippen LogP contribution in [0.15, 0.2) is 12.1 Å². The summed E-state index contributed by atoms with van der Waals surface area (Å²) in [5.74, 6) is 1.95. The summed E-state index contributed by atoms with van der Waals surface area (Å²) in [6.45, 7) is 3.33. The van der Waals surface area contributed by atoms with Gasteiger partial charge in [0.25, 0.3) is 0 Å². The first-order valence-corrected chi connectivity index (χ1v) is 6.09. The molecular formula is C12H21N5. The van der Waals surface area contributed by atoms with E-state index in [0.717, 1.165) is 18.3 Å². The highest BCUT2D eigenvalue weighted by molar-refractivity contribution is 5.61. The van der Waals surface area contributed by atoms with E-state index >= 15 is 0 Å². The van der Waals surface area contributed by atoms with Gasteiger partial charge in [-0.25, -0.2) is 4.98 Å². The molecule has 1 aliphatic heterocycles. The third-order valence-corrected chi connectivity index (χ3v) is 3.37. The molecule has 1 aliphatic rings. The molecule has 2 rings (SSSR count). The van der Waals surface area contributed by atoms with Crippen LogP contribution in [0.4, 0.5) is 17.3 Å². The minimum absolute atomic E-state index is 0.401. The molecule has 0 bridgehead atoms. The fourth-order valence-electron chi connectivity index (χ4n) is 2.10. The molecule has 0 saturated carbocycles. The first-order chi connectivity index (χ1) is 8.15. The zero-order valence-corrected chi connectivity index (χ0v) is 10.3. The maximum atomic E-state index is 5.66. The van der Waals surface area contributed by atoms with Crippen LogP contribution in [0.5, 0.6) is 0 Å². The Kier molecular flexibility index (Phi) is 3.68. The number of likely N-dealkylation sites (tertiary alicyclic amines) is 1. The van der Waals surface area contributed by atoms with Crippen LogP contribution in [0.2, 0.25) is 0 Å². The van der Waals surface area contributed by atoms with Crippen molar-refractivity contribution in [3.63, 3.8) is 0 Å². The third kappa shape index (κ3) is 3.23. The Morgan fingerprint density at radius 3 is 2.71 bits per heavy atom. The molecule has 0 atom stereocenters. The largest absolute Gasteiger partial charge is 0.396 e. The molecule has 0 spiro atoms. The van der Waals surface area contributed by atoms with Gasteiger partial charge in [-0.1, -0.05) is 0 Å². The Bertz CT molecular complexity index is 371. The lowest BCUT2D eigenvalue weighted by Gasteiger charge is -2.29. The van der Waals surface area contributed by atoms with Gasteiger partial charge in [0.1, 0.15) is 11.6 Å². The number of piperidine rings is 1. The van der Waals surface area contributed by atoms with Gasteiger partial charge >= 0.3 is 0 Å². The van der Waals surface area contributed by atoms with E-state index in [0.29, 0.717) is 11.5 Å². The zero-order chi connectivity index (χ0) is 12.3. The van der Waals surface area contributed by atoms with Crippen molar-refractivity contribution in [1.29, 1.82) is 0 Å². The molecule has 1 aromatic rings. The van der Waals surface area contributed by atoms with Gasteiger partial charge in [0.05, 0.1) is 5.69 Å². The van der Waals surface area contributed by atoms with Crippen molar-refractivity contribution in [2.24, 2.45) is 5.92 Å². The summed E-state index contributed by atoms with van der Waals surface area (Å²) in [6, 6.07) is 3.67. The van der Waals surface area contributed by atoms with Crippen LogP contribution < -0.4 is 16.8 Å². The average molecular weight is 235 g/mol. The summed E-state index contributed by atoms with van der Waals surface area (Å²) >= 11 is 0. The topological polar surface area (TPSA) is 80.2 Å². The van der Waals surface area contributed by atoms with Crippen molar-refractivity contribution in [1.82, 2.24) is 9.88 Å². The molecule has 94 valence electrons. The van der Waals surface area contributed by atoms with Gasteiger partial charge in [-0.2, -0.15) is 0 Å². The quantitative estimate of drug-likeness (QED) is 0.728. The fraction of sp³-hybridized carbons (Fsp3) is 0.583. The van der Waals surface area contributed by atoms with E-state index in [1.165, 1.54) is 25.9 Å². The lowest BCUT2D eigenvalue weighted by atomic mass is 9.97. The fourth-order valence-corrected chi connectivity index (χ4v) is 2.10. The summed E-state index contributed by atoms with van der Waals surface area (Å²) < 4.78 is 0. The van der Waals surface area contributed by atoms with E-state index in [1.54, 1.807) is 6.07 Å². The van der Waals surface area contributed by atoms with Crippen molar-refractivity contribution in [3.8, 4) is 0 Å². The van der Waals surface area contributed by atoms with Gasteiger partial charge in [-0.15, -0.1) is 0 Å². The molecule has 5 nitrogen and oxygen atoms in total. The van der Waals surface area contributed by atoms with E-state index in [4.69, 9.17) is 11.5 Å². The lowest BCUT2D eigenvalue weighted by molar-refractivity contribution is 0.226. The molecule has 0 amide bonds. The molecule has 0 aromatic carbocycles. The molecule has 0 aliphatic carbocycles. The van der Waals surface area contributed by atoms with Crippen molar-refractivity contribution in [2.75, 3.05) is 43.5 Å². The van der Waals surface area contributed by atoms with Gasteiger partial charge in [0.2, 0.25) is 0 Å². The molecule has 1 aromatic heterocycles. The van der Waals surface area contributed by atoms with Crippen molar-refractivity contribution in [3.05, 3.63) is 12.1 Å². The monoisotopic (exact) mass is 235 g/mol. The number of hydrogen-bond acceptors (Lipinski definition) is 5. The third-order valence-electron chi connectivity index (χ3n) is 3.37. The van der Waals surface area contributed by atoms with Gasteiger partial charge in [0.15, 0.2) is 0 Å². The summed E-state index contributed by atoms with van der Waals surface area (Å²) in [5.41, 5.74) is 11.8.